The molecule has 0 saturated carbocycles. The highest BCUT2D eigenvalue weighted by atomic mass is 16.8. The molecule has 0 aliphatic carbocycles. The first-order valence-electron chi connectivity index (χ1n) is 46.8. The van der Waals surface area contributed by atoms with E-state index in [1.807, 2.05) is 6.08 Å². The first kappa shape index (κ1) is 105. The third kappa shape index (κ3) is 51.6. The van der Waals surface area contributed by atoms with Gasteiger partial charge in [0, 0.05) is 6.42 Å². The SMILES string of the molecule is CC/C=C\C/C=C\C/C=C\C/C=C\C/C=C\C/C=C\CCCCCCCCCCCCCCCCCCCCC(=O)NC(COC1OC(CO)C(OC2OC(CO)C(OC3OC(CO)C(O)C(O)C3O)C(O)C2O)C(O)C1O)C(O)/C=C/CCCCCCCCCCCCCCCCCCCCCCCCCCCCCCCC. The molecule has 0 bridgehead atoms. The van der Waals surface area contributed by atoms with Crippen LogP contribution >= 0.6 is 0 Å². The Labute approximate surface area is 692 Å². The molecule has 3 aliphatic rings. The predicted octanol–water partition coefficient (Wildman–Crippen LogP) is 18.5. The molecule has 1 amide bonds. The van der Waals surface area contributed by atoms with E-state index in [9.17, 15) is 61.0 Å². The number of hydrogen-bond donors (Lipinski definition) is 12. The van der Waals surface area contributed by atoms with Gasteiger partial charge in [0.25, 0.3) is 0 Å². The van der Waals surface area contributed by atoms with E-state index in [1.165, 1.54) is 270 Å². The molecule has 3 rings (SSSR count). The smallest absolute Gasteiger partial charge is 0.220 e. The van der Waals surface area contributed by atoms with Crippen molar-refractivity contribution in [2.45, 2.75) is 484 Å². The number of carbonyl (C=O) groups excluding carboxylic acids is 1. The van der Waals surface area contributed by atoms with Crippen LogP contribution in [0.2, 0.25) is 0 Å². The zero-order valence-electron chi connectivity index (χ0n) is 71.8. The Balaban J connectivity index is 1.31. The number of aliphatic hydroxyl groups excluding tert-OH is 11. The monoisotopic (exact) mass is 1610 g/mol. The molecule has 0 aromatic rings. The molecular weight excluding hydrogens is 1440 g/mol. The lowest BCUT2D eigenvalue weighted by molar-refractivity contribution is -0.379. The minimum absolute atomic E-state index is 0.243. The van der Waals surface area contributed by atoms with Crippen LogP contribution in [0, 0.1) is 0 Å². The number of unbranched alkanes of at least 4 members (excludes halogenated alkanes) is 48. The quantitative estimate of drug-likeness (QED) is 0.0199. The van der Waals surface area contributed by atoms with Crippen LogP contribution in [0.1, 0.15) is 380 Å². The Kier molecular flexibility index (Phi) is 68.1. The summed E-state index contributed by atoms with van der Waals surface area (Å²) in [5, 5.41) is 121. The van der Waals surface area contributed by atoms with Crippen molar-refractivity contribution < 1.29 is 89.4 Å². The first-order valence-corrected chi connectivity index (χ1v) is 46.8. The van der Waals surface area contributed by atoms with Gasteiger partial charge in [-0.2, -0.15) is 0 Å². The molecule has 114 heavy (non-hydrogen) atoms. The Morgan fingerprint density at radius 1 is 0.325 bits per heavy atom. The van der Waals surface area contributed by atoms with Crippen molar-refractivity contribution in [3.63, 3.8) is 0 Å². The largest absolute Gasteiger partial charge is 0.394 e. The van der Waals surface area contributed by atoms with E-state index in [4.69, 9.17) is 28.4 Å². The van der Waals surface area contributed by atoms with Crippen LogP contribution in [0.15, 0.2) is 85.1 Å². The molecule has 3 aliphatic heterocycles. The van der Waals surface area contributed by atoms with Gasteiger partial charge in [0.15, 0.2) is 18.9 Å². The van der Waals surface area contributed by atoms with Gasteiger partial charge in [-0.1, -0.05) is 388 Å². The summed E-state index contributed by atoms with van der Waals surface area (Å²) >= 11 is 0. The Morgan fingerprint density at radius 3 is 0.947 bits per heavy atom. The molecule has 12 N–H and O–H groups in total. The maximum absolute atomic E-state index is 13.5. The molecule has 17 unspecified atom stereocenters. The summed E-state index contributed by atoms with van der Waals surface area (Å²) in [7, 11) is 0. The van der Waals surface area contributed by atoms with Crippen molar-refractivity contribution >= 4 is 5.91 Å². The molecule has 0 aromatic heterocycles. The normalized spacial score (nSPS) is 25.1. The number of hydrogen-bond acceptors (Lipinski definition) is 18. The highest BCUT2D eigenvalue weighted by Gasteiger charge is 2.54. The Morgan fingerprint density at radius 2 is 0.605 bits per heavy atom. The molecule has 0 spiro atoms. The fraction of sp³-hybridized carbons (Fsp3) is 0.842. The van der Waals surface area contributed by atoms with Gasteiger partial charge in [-0.25, -0.2) is 0 Å². The van der Waals surface area contributed by atoms with Crippen LogP contribution in [-0.2, 0) is 33.2 Å². The van der Waals surface area contributed by atoms with Gasteiger partial charge in [-0.3, -0.25) is 4.79 Å². The number of carbonyl (C=O) groups is 1. The maximum Gasteiger partial charge on any atom is 0.220 e. The van der Waals surface area contributed by atoms with E-state index >= 15 is 0 Å². The number of rotatable bonds is 76. The van der Waals surface area contributed by atoms with Gasteiger partial charge in [0.1, 0.15) is 73.2 Å². The molecule has 3 heterocycles. The number of ether oxygens (including phenoxy) is 6. The summed E-state index contributed by atoms with van der Waals surface area (Å²) in [4.78, 5) is 13.5. The second-order valence-corrected chi connectivity index (χ2v) is 33.1. The highest BCUT2D eigenvalue weighted by molar-refractivity contribution is 5.76. The second kappa shape index (κ2) is 73.9. The van der Waals surface area contributed by atoms with Crippen LogP contribution in [0.25, 0.3) is 0 Å². The van der Waals surface area contributed by atoms with Gasteiger partial charge in [0.05, 0.1) is 38.6 Å². The number of allylic oxidation sites excluding steroid dienone is 13. The molecule has 3 saturated heterocycles. The fourth-order valence-corrected chi connectivity index (χ4v) is 15.6. The van der Waals surface area contributed by atoms with Crippen molar-refractivity contribution in [3.8, 4) is 0 Å². The van der Waals surface area contributed by atoms with Gasteiger partial charge in [0.2, 0.25) is 5.91 Å². The molecule has 17 atom stereocenters. The standard InChI is InChI=1S/C95H171NO18/c1-3-5-7-9-11-13-15-17-19-21-23-25-27-29-31-33-35-37-38-39-40-41-43-45-47-49-51-53-55-57-59-61-63-65-67-69-71-73-83(101)96-78(79(100)72-70-68-66-64-62-60-58-56-54-52-50-48-46-44-42-36-34-32-30-28-26-24-22-20-18-16-14-12-10-8-6-4-2)77-109-93-89(107)86(104)91(81(75-98)111-93)114-95-90(108)87(105)92(82(76-99)112-95)113-94-88(106)85(103)84(102)80(74-97)110-94/h5,7,11,13,17,19,23,25,29,31,35,37,70,72,78-82,84-95,97-100,102-108H,3-4,6,8-10,12,14-16,18,20-22,24,26-28,30,32-34,36,38-69,71,73-77H2,1-2H3,(H,96,101)/b7-5-,13-11-,19-17-,25-23-,31-29-,37-35-,72-70+. The summed E-state index contributed by atoms with van der Waals surface area (Å²) in [6, 6.07) is -0.978. The minimum atomic E-state index is -1.98. The molecule has 19 heteroatoms. The third-order valence-corrected chi connectivity index (χ3v) is 22.9. The average molecular weight is 1620 g/mol. The topological polar surface area (TPSA) is 307 Å². The summed E-state index contributed by atoms with van der Waals surface area (Å²) in [6.07, 6.45) is 74.5. The lowest BCUT2D eigenvalue weighted by Crippen LogP contribution is -2.66. The number of amides is 1. The Hall–Kier alpha value is -3.03. The van der Waals surface area contributed by atoms with E-state index in [-0.39, 0.29) is 18.9 Å². The van der Waals surface area contributed by atoms with Crippen LogP contribution < -0.4 is 5.32 Å². The van der Waals surface area contributed by atoms with Crippen molar-refractivity contribution in [2.75, 3.05) is 26.4 Å². The lowest BCUT2D eigenvalue weighted by atomic mass is 9.96. The first-order chi connectivity index (χ1) is 55.8. The van der Waals surface area contributed by atoms with Crippen molar-refractivity contribution in [1.29, 1.82) is 0 Å². The van der Waals surface area contributed by atoms with Gasteiger partial charge in [-0.05, 0) is 70.6 Å². The molecule has 664 valence electrons. The van der Waals surface area contributed by atoms with E-state index < -0.39 is 124 Å². The number of aliphatic hydroxyl groups is 11. The predicted molar refractivity (Wildman–Crippen MR) is 461 cm³/mol. The molecule has 19 nitrogen and oxygen atoms in total. The van der Waals surface area contributed by atoms with E-state index in [0.29, 0.717) is 6.42 Å². The molecular formula is C95H171NO18. The van der Waals surface area contributed by atoms with Crippen molar-refractivity contribution in [2.24, 2.45) is 0 Å². The van der Waals surface area contributed by atoms with Gasteiger partial charge < -0.3 is 89.9 Å². The summed E-state index contributed by atoms with van der Waals surface area (Å²) in [6.45, 7) is 1.68. The zero-order chi connectivity index (χ0) is 82.4. The molecule has 0 radical (unpaired) electrons. The maximum atomic E-state index is 13.5. The Bertz CT molecular complexity index is 2380. The number of nitrogens with one attached hydrogen (secondary N) is 1. The summed E-state index contributed by atoms with van der Waals surface area (Å²) < 4.78 is 34.6. The van der Waals surface area contributed by atoms with Crippen molar-refractivity contribution in [3.05, 3.63) is 85.1 Å². The molecule has 0 aromatic carbocycles. The fourth-order valence-electron chi connectivity index (χ4n) is 15.6. The third-order valence-electron chi connectivity index (χ3n) is 22.9. The molecule has 3 fully saturated rings. The van der Waals surface area contributed by atoms with Gasteiger partial charge in [-0.15, -0.1) is 0 Å². The minimum Gasteiger partial charge on any atom is -0.394 e. The van der Waals surface area contributed by atoms with E-state index in [2.05, 4.69) is 92.1 Å². The van der Waals surface area contributed by atoms with Crippen LogP contribution in [-0.4, -0.2) is 193 Å². The van der Waals surface area contributed by atoms with E-state index in [0.717, 1.165) is 83.5 Å². The second-order valence-electron chi connectivity index (χ2n) is 33.1. The van der Waals surface area contributed by atoms with Crippen LogP contribution in [0.5, 0.6) is 0 Å². The summed E-state index contributed by atoms with van der Waals surface area (Å²) in [5.41, 5.74) is 0. The summed E-state index contributed by atoms with van der Waals surface area (Å²) in [5.74, 6) is -0.271. The average Bonchev–Trinajstić information content (AvgIpc) is 0.777. The highest BCUT2D eigenvalue weighted by Crippen LogP contribution is 2.34. The van der Waals surface area contributed by atoms with E-state index in [1.54, 1.807) is 6.08 Å². The lowest BCUT2D eigenvalue weighted by Gasteiger charge is -2.48. The van der Waals surface area contributed by atoms with Gasteiger partial charge >= 0.3 is 0 Å². The zero-order valence-corrected chi connectivity index (χ0v) is 71.8. The van der Waals surface area contributed by atoms with Crippen molar-refractivity contribution in [1.82, 2.24) is 5.32 Å². The van der Waals surface area contributed by atoms with Crippen LogP contribution in [0.4, 0.5) is 0 Å². The van der Waals surface area contributed by atoms with Crippen LogP contribution in [0.3, 0.4) is 0 Å².